The Morgan fingerprint density at radius 3 is 1.54 bits per heavy atom. The molecule has 0 aliphatic heterocycles. The molecule has 2 nitrogen and oxygen atoms in total. The highest BCUT2D eigenvalue weighted by Gasteiger charge is 2.35. The zero-order valence-corrected chi connectivity index (χ0v) is 35.2. The molecule has 0 N–H and O–H groups in total. The van der Waals surface area contributed by atoms with Gasteiger partial charge in [-0.25, -0.2) is 0 Å². The predicted molar refractivity (Wildman–Crippen MR) is 265 cm³/mol. The maximum atomic E-state index is 6.42. The third-order valence-electron chi connectivity index (χ3n) is 13.3. The predicted octanol–water partition coefficient (Wildman–Crippen LogP) is 17.2. The van der Waals surface area contributed by atoms with Crippen LogP contribution in [0.15, 0.2) is 229 Å². The molecule has 0 saturated carbocycles. The van der Waals surface area contributed by atoms with Crippen LogP contribution in [0, 0.1) is 0 Å². The van der Waals surface area contributed by atoms with Crippen molar-refractivity contribution in [2.45, 2.75) is 19.3 Å². The van der Waals surface area contributed by atoms with E-state index < -0.39 is 0 Å². The molecular formula is C61H43NO. The Labute approximate surface area is 368 Å². The zero-order valence-electron chi connectivity index (χ0n) is 35.2. The minimum Gasteiger partial charge on any atom is -0.456 e. The van der Waals surface area contributed by atoms with Gasteiger partial charge in [0, 0.05) is 39.3 Å². The summed E-state index contributed by atoms with van der Waals surface area (Å²) in [6, 6.07) is 81.6. The van der Waals surface area contributed by atoms with Crippen molar-refractivity contribution < 1.29 is 4.42 Å². The first-order valence-corrected chi connectivity index (χ1v) is 21.8. The Bertz CT molecular complexity index is 3540. The zero-order chi connectivity index (χ0) is 42.1. The van der Waals surface area contributed by atoms with Crippen LogP contribution in [-0.4, -0.2) is 0 Å². The standard InChI is InChI=1S/C61H43NO/c1-61(2)57-19-7-5-17-53(57)54-33-27-49(38-58(54)61)42-25-30-51(31-26-42)62(52-32-34-56-55-18-6-8-20-59(55)63-60(56)39-52)50-28-23-41(24-29-50)44-13-9-14-45(35-44)46-15-10-16-47(37-46)48-22-21-40-11-3-4-12-43(40)36-48/h3-39H,1-2H3. The molecule has 1 aromatic heterocycles. The number of benzene rings is 10. The minimum absolute atomic E-state index is 0.0506. The molecule has 298 valence electrons. The average Bonchev–Trinajstić information content (AvgIpc) is 3.83. The lowest BCUT2D eigenvalue weighted by Gasteiger charge is -2.26. The fraction of sp³-hybridized carbons (Fsp3) is 0.0492. The molecule has 63 heavy (non-hydrogen) atoms. The first-order valence-electron chi connectivity index (χ1n) is 21.8. The molecule has 2 heteroatoms. The maximum Gasteiger partial charge on any atom is 0.137 e. The van der Waals surface area contributed by atoms with Crippen LogP contribution in [0.5, 0.6) is 0 Å². The number of anilines is 3. The van der Waals surface area contributed by atoms with Crippen molar-refractivity contribution in [3.63, 3.8) is 0 Å². The summed E-state index contributed by atoms with van der Waals surface area (Å²) in [5, 5.41) is 4.75. The summed E-state index contributed by atoms with van der Waals surface area (Å²) in [7, 11) is 0. The lowest BCUT2D eigenvalue weighted by atomic mass is 9.81. The van der Waals surface area contributed by atoms with Gasteiger partial charge >= 0.3 is 0 Å². The summed E-state index contributed by atoms with van der Waals surface area (Å²) < 4.78 is 6.42. The molecule has 1 aliphatic rings. The summed E-state index contributed by atoms with van der Waals surface area (Å²) in [5.41, 5.74) is 19.9. The second-order valence-corrected chi connectivity index (χ2v) is 17.4. The largest absolute Gasteiger partial charge is 0.456 e. The van der Waals surface area contributed by atoms with Gasteiger partial charge in [-0.2, -0.15) is 0 Å². The molecule has 0 saturated heterocycles. The number of hydrogen-bond acceptors (Lipinski definition) is 2. The fourth-order valence-electron chi connectivity index (χ4n) is 9.92. The van der Waals surface area contributed by atoms with Gasteiger partial charge in [-0.05, 0) is 144 Å². The van der Waals surface area contributed by atoms with Crippen molar-refractivity contribution in [1.82, 2.24) is 0 Å². The number of nitrogens with zero attached hydrogens (tertiary/aromatic N) is 1. The van der Waals surface area contributed by atoms with E-state index >= 15 is 0 Å². The molecule has 12 rings (SSSR count). The van der Waals surface area contributed by atoms with E-state index in [1.165, 1.54) is 72.0 Å². The van der Waals surface area contributed by atoms with E-state index in [1.807, 2.05) is 12.1 Å². The number of para-hydroxylation sites is 1. The van der Waals surface area contributed by atoms with Crippen LogP contribution in [0.2, 0.25) is 0 Å². The van der Waals surface area contributed by atoms with Crippen LogP contribution in [-0.2, 0) is 5.41 Å². The SMILES string of the molecule is CC1(C)c2ccccc2-c2ccc(-c3ccc(N(c4ccc(-c5cccc(-c6cccc(-c7ccc8ccccc8c7)c6)c5)cc4)c4ccc5c(c4)oc4ccccc45)cc3)cc21. The quantitative estimate of drug-likeness (QED) is 0.160. The average molecular weight is 806 g/mol. The monoisotopic (exact) mass is 805 g/mol. The van der Waals surface area contributed by atoms with Crippen molar-refractivity contribution in [3.05, 3.63) is 236 Å². The van der Waals surface area contributed by atoms with Crippen LogP contribution in [0.4, 0.5) is 17.1 Å². The molecule has 11 aromatic rings. The van der Waals surface area contributed by atoms with E-state index in [1.54, 1.807) is 0 Å². The Morgan fingerprint density at radius 2 is 0.825 bits per heavy atom. The molecule has 1 heterocycles. The van der Waals surface area contributed by atoms with E-state index in [-0.39, 0.29) is 5.41 Å². The van der Waals surface area contributed by atoms with Gasteiger partial charge in [-0.15, -0.1) is 0 Å². The molecular weight excluding hydrogens is 763 g/mol. The number of hydrogen-bond donors (Lipinski definition) is 0. The van der Waals surface area contributed by atoms with Crippen molar-refractivity contribution in [2.24, 2.45) is 0 Å². The van der Waals surface area contributed by atoms with Crippen molar-refractivity contribution >= 4 is 49.8 Å². The lowest BCUT2D eigenvalue weighted by molar-refractivity contribution is 0.660. The highest BCUT2D eigenvalue weighted by molar-refractivity contribution is 6.06. The Balaban J connectivity index is 0.887. The van der Waals surface area contributed by atoms with Crippen LogP contribution >= 0.6 is 0 Å². The molecule has 1 aliphatic carbocycles. The normalized spacial score (nSPS) is 12.7. The highest BCUT2D eigenvalue weighted by Crippen LogP contribution is 2.50. The Kier molecular flexibility index (Phi) is 8.55. The molecule has 0 unspecified atom stereocenters. The second-order valence-electron chi connectivity index (χ2n) is 17.4. The van der Waals surface area contributed by atoms with E-state index in [0.29, 0.717) is 0 Å². The van der Waals surface area contributed by atoms with Gasteiger partial charge in [0.05, 0.1) is 0 Å². The topological polar surface area (TPSA) is 16.4 Å². The van der Waals surface area contributed by atoms with Crippen molar-refractivity contribution in [2.75, 3.05) is 4.90 Å². The number of fused-ring (bicyclic) bond motifs is 7. The van der Waals surface area contributed by atoms with Crippen LogP contribution < -0.4 is 4.90 Å². The third kappa shape index (κ3) is 6.34. The lowest BCUT2D eigenvalue weighted by Crippen LogP contribution is -2.14. The van der Waals surface area contributed by atoms with Gasteiger partial charge in [0.1, 0.15) is 11.2 Å². The third-order valence-corrected chi connectivity index (χ3v) is 13.3. The Morgan fingerprint density at radius 1 is 0.317 bits per heavy atom. The summed E-state index contributed by atoms with van der Waals surface area (Å²) >= 11 is 0. The van der Waals surface area contributed by atoms with Gasteiger partial charge in [0.25, 0.3) is 0 Å². The first kappa shape index (κ1) is 36.9. The van der Waals surface area contributed by atoms with Crippen LogP contribution in [0.25, 0.3) is 88.3 Å². The molecule has 0 spiro atoms. The molecule has 0 radical (unpaired) electrons. The summed E-state index contributed by atoms with van der Waals surface area (Å²) in [5.74, 6) is 0. The van der Waals surface area contributed by atoms with Crippen molar-refractivity contribution in [1.29, 1.82) is 0 Å². The van der Waals surface area contributed by atoms with Gasteiger partial charge < -0.3 is 9.32 Å². The van der Waals surface area contributed by atoms with E-state index in [4.69, 9.17) is 4.42 Å². The number of rotatable bonds is 7. The molecule has 10 aromatic carbocycles. The molecule has 0 amide bonds. The van der Waals surface area contributed by atoms with Gasteiger partial charge in [0.15, 0.2) is 0 Å². The maximum absolute atomic E-state index is 6.42. The summed E-state index contributed by atoms with van der Waals surface area (Å²) in [6.07, 6.45) is 0. The van der Waals surface area contributed by atoms with Crippen LogP contribution in [0.3, 0.4) is 0 Å². The highest BCUT2D eigenvalue weighted by atomic mass is 16.3. The van der Waals surface area contributed by atoms with Crippen LogP contribution in [0.1, 0.15) is 25.0 Å². The van der Waals surface area contributed by atoms with Crippen molar-refractivity contribution in [3.8, 4) is 55.6 Å². The molecule has 0 fully saturated rings. The van der Waals surface area contributed by atoms with Gasteiger partial charge in [-0.3, -0.25) is 0 Å². The molecule has 0 bridgehead atoms. The van der Waals surface area contributed by atoms with E-state index in [2.05, 4.69) is 231 Å². The summed E-state index contributed by atoms with van der Waals surface area (Å²) in [4.78, 5) is 2.33. The van der Waals surface area contributed by atoms with Gasteiger partial charge in [0.2, 0.25) is 0 Å². The number of furan rings is 1. The van der Waals surface area contributed by atoms with E-state index in [0.717, 1.165) is 44.6 Å². The first-order chi connectivity index (χ1) is 30.9. The molecule has 0 atom stereocenters. The Hall–Kier alpha value is -7.94. The minimum atomic E-state index is -0.0506. The van der Waals surface area contributed by atoms with E-state index in [9.17, 15) is 0 Å². The summed E-state index contributed by atoms with van der Waals surface area (Å²) in [6.45, 7) is 4.69. The van der Waals surface area contributed by atoms with Gasteiger partial charge in [-0.1, -0.05) is 166 Å². The fourth-order valence-corrected chi connectivity index (χ4v) is 9.92. The smallest absolute Gasteiger partial charge is 0.137 e. The second kappa shape index (κ2) is 14.6.